The molecule has 0 aromatic rings. The van der Waals surface area contributed by atoms with Gasteiger partial charge >= 0.3 is 5.97 Å². The molecule has 1 rings (SSSR count). The monoisotopic (exact) mass is 145 g/mol. The third-order valence-electron chi connectivity index (χ3n) is 1.41. The Bertz CT molecular complexity index is 122. The van der Waals surface area contributed by atoms with Gasteiger partial charge in [0.1, 0.15) is 0 Å². The van der Waals surface area contributed by atoms with Gasteiger partial charge in [-0.3, -0.25) is 4.79 Å². The van der Waals surface area contributed by atoms with Crippen LogP contribution in [0.4, 0.5) is 0 Å². The number of carboxylic acids is 1. The summed E-state index contributed by atoms with van der Waals surface area (Å²) in [4.78, 5) is 10.0. The van der Waals surface area contributed by atoms with E-state index in [1.54, 1.807) is 0 Å². The van der Waals surface area contributed by atoms with Crippen molar-refractivity contribution in [1.29, 1.82) is 0 Å². The van der Waals surface area contributed by atoms with Crippen molar-refractivity contribution < 1.29 is 14.6 Å². The fourth-order valence-corrected chi connectivity index (χ4v) is 0.737. The van der Waals surface area contributed by atoms with Crippen LogP contribution in [0, 0.1) is 0 Å². The van der Waals surface area contributed by atoms with E-state index >= 15 is 0 Å². The van der Waals surface area contributed by atoms with Crippen molar-refractivity contribution in [2.24, 2.45) is 0 Å². The van der Waals surface area contributed by atoms with Crippen molar-refractivity contribution in [1.82, 2.24) is 5.32 Å². The summed E-state index contributed by atoms with van der Waals surface area (Å²) >= 11 is 0. The molecule has 0 radical (unpaired) electrons. The predicted molar refractivity (Wildman–Crippen MR) is 34.9 cm³/mol. The summed E-state index contributed by atoms with van der Waals surface area (Å²) in [6, 6.07) is 0.388. The molecule has 1 heterocycles. The molecule has 1 fully saturated rings. The van der Waals surface area contributed by atoms with E-state index in [0.29, 0.717) is 12.6 Å². The van der Waals surface area contributed by atoms with E-state index in [2.05, 4.69) is 5.32 Å². The van der Waals surface area contributed by atoms with Gasteiger partial charge in [-0.25, -0.2) is 0 Å². The zero-order valence-electron chi connectivity index (χ0n) is 5.67. The maximum atomic E-state index is 10.0. The van der Waals surface area contributed by atoms with E-state index in [9.17, 15) is 4.79 Å². The van der Waals surface area contributed by atoms with Crippen molar-refractivity contribution in [3.8, 4) is 0 Å². The third-order valence-corrected chi connectivity index (χ3v) is 1.41. The quantitative estimate of drug-likeness (QED) is 0.557. The Kier molecular flexibility index (Phi) is 2.65. The molecular formula is C6H11NO3. The Balaban J connectivity index is 1.89. The first-order valence-corrected chi connectivity index (χ1v) is 3.32. The van der Waals surface area contributed by atoms with Gasteiger partial charge in [0.05, 0.1) is 25.7 Å². The van der Waals surface area contributed by atoms with Crippen LogP contribution >= 0.6 is 0 Å². The maximum absolute atomic E-state index is 10.0. The van der Waals surface area contributed by atoms with Crippen molar-refractivity contribution in [3.63, 3.8) is 0 Å². The minimum Gasteiger partial charge on any atom is -0.481 e. The number of hydrogen-bond donors (Lipinski definition) is 2. The molecule has 0 bridgehead atoms. The highest BCUT2D eigenvalue weighted by atomic mass is 16.5. The van der Waals surface area contributed by atoms with Gasteiger partial charge in [0.2, 0.25) is 0 Å². The van der Waals surface area contributed by atoms with Crippen LogP contribution in [0.2, 0.25) is 0 Å². The number of aliphatic carboxylic acids is 1. The van der Waals surface area contributed by atoms with Crippen molar-refractivity contribution in [3.05, 3.63) is 0 Å². The van der Waals surface area contributed by atoms with E-state index in [0.717, 1.165) is 13.2 Å². The van der Waals surface area contributed by atoms with Crippen LogP contribution in [0.3, 0.4) is 0 Å². The molecule has 1 saturated heterocycles. The first-order chi connectivity index (χ1) is 4.79. The fraction of sp³-hybridized carbons (Fsp3) is 0.833. The molecule has 0 saturated carbocycles. The van der Waals surface area contributed by atoms with E-state index in [1.807, 2.05) is 0 Å². The Labute approximate surface area is 59.2 Å². The molecule has 10 heavy (non-hydrogen) atoms. The summed E-state index contributed by atoms with van der Waals surface area (Å²) in [6.45, 7) is 1.99. The topological polar surface area (TPSA) is 58.6 Å². The number of carboxylic acid groups (broad SMARTS) is 1. The van der Waals surface area contributed by atoms with Gasteiger partial charge in [-0.15, -0.1) is 0 Å². The highest BCUT2D eigenvalue weighted by Crippen LogP contribution is 1.98. The summed E-state index contributed by atoms with van der Waals surface area (Å²) in [5, 5.41) is 11.3. The number of ether oxygens (including phenoxy) is 1. The summed E-state index contributed by atoms with van der Waals surface area (Å²) in [5.74, 6) is -0.757. The fourth-order valence-electron chi connectivity index (χ4n) is 0.737. The molecule has 4 nitrogen and oxygen atoms in total. The van der Waals surface area contributed by atoms with Gasteiger partial charge in [0.25, 0.3) is 0 Å². The smallest absolute Gasteiger partial charge is 0.304 e. The zero-order valence-corrected chi connectivity index (χ0v) is 5.67. The Hall–Kier alpha value is -0.610. The normalized spacial score (nSPS) is 18.4. The summed E-state index contributed by atoms with van der Waals surface area (Å²) in [5.41, 5.74) is 0. The first kappa shape index (κ1) is 7.50. The molecule has 0 atom stereocenters. The van der Waals surface area contributed by atoms with Crippen LogP contribution in [0.15, 0.2) is 0 Å². The van der Waals surface area contributed by atoms with Gasteiger partial charge in [-0.05, 0) is 0 Å². The number of nitrogens with one attached hydrogen (secondary N) is 1. The lowest BCUT2D eigenvalue weighted by atomic mass is 10.2. The summed E-state index contributed by atoms with van der Waals surface area (Å²) < 4.78 is 4.88. The minimum absolute atomic E-state index is 0.191. The standard InChI is InChI=1S/C6H11NO3/c8-6(9)1-2-7-5-3-10-4-5/h5,7H,1-4H2,(H,8,9). The van der Waals surface area contributed by atoms with Crippen LogP contribution in [-0.4, -0.2) is 36.9 Å². The molecular weight excluding hydrogens is 134 g/mol. The zero-order chi connectivity index (χ0) is 7.40. The van der Waals surface area contributed by atoms with Crippen molar-refractivity contribution in [2.45, 2.75) is 12.5 Å². The summed E-state index contributed by atoms with van der Waals surface area (Å²) in [6.07, 6.45) is 0.191. The van der Waals surface area contributed by atoms with Gasteiger partial charge < -0.3 is 15.2 Å². The van der Waals surface area contributed by atoms with Crippen LogP contribution in [0.1, 0.15) is 6.42 Å². The molecule has 0 spiro atoms. The molecule has 0 aliphatic carbocycles. The second kappa shape index (κ2) is 3.53. The van der Waals surface area contributed by atoms with Crippen LogP contribution in [-0.2, 0) is 9.53 Å². The second-order valence-electron chi connectivity index (χ2n) is 2.33. The van der Waals surface area contributed by atoms with E-state index in [4.69, 9.17) is 9.84 Å². The molecule has 0 aromatic carbocycles. The Morgan fingerprint density at radius 2 is 2.40 bits per heavy atom. The third kappa shape index (κ3) is 2.33. The second-order valence-corrected chi connectivity index (χ2v) is 2.33. The maximum Gasteiger partial charge on any atom is 0.304 e. The van der Waals surface area contributed by atoms with Crippen LogP contribution < -0.4 is 5.32 Å². The molecule has 2 N–H and O–H groups in total. The number of rotatable bonds is 4. The summed E-state index contributed by atoms with van der Waals surface area (Å²) in [7, 11) is 0. The largest absolute Gasteiger partial charge is 0.481 e. The van der Waals surface area contributed by atoms with Crippen molar-refractivity contribution >= 4 is 5.97 Å². The molecule has 4 heteroatoms. The van der Waals surface area contributed by atoms with Crippen LogP contribution in [0.5, 0.6) is 0 Å². The number of hydrogen-bond acceptors (Lipinski definition) is 3. The highest BCUT2D eigenvalue weighted by molar-refractivity contribution is 5.66. The first-order valence-electron chi connectivity index (χ1n) is 3.32. The van der Waals surface area contributed by atoms with Crippen LogP contribution in [0.25, 0.3) is 0 Å². The Morgan fingerprint density at radius 1 is 1.70 bits per heavy atom. The molecule has 0 aromatic heterocycles. The lowest BCUT2D eigenvalue weighted by Gasteiger charge is -2.26. The molecule has 0 unspecified atom stereocenters. The molecule has 0 amide bonds. The SMILES string of the molecule is O=C(O)CCNC1COC1. The van der Waals surface area contributed by atoms with Crippen molar-refractivity contribution in [2.75, 3.05) is 19.8 Å². The molecule has 58 valence electrons. The van der Waals surface area contributed by atoms with Gasteiger partial charge in [-0.2, -0.15) is 0 Å². The predicted octanol–water partition coefficient (Wildman–Crippen LogP) is -0.550. The number of carbonyl (C=O) groups is 1. The Morgan fingerprint density at radius 3 is 2.80 bits per heavy atom. The van der Waals surface area contributed by atoms with E-state index in [-0.39, 0.29) is 6.42 Å². The van der Waals surface area contributed by atoms with Gasteiger partial charge in [0.15, 0.2) is 0 Å². The highest BCUT2D eigenvalue weighted by Gasteiger charge is 2.16. The lowest BCUT2D eigenvalue weighted by molar-refractivity contribution is -0.137. The van der Waals surface area contributed by atoms with Gasteiger partial charge in [-0.1, -0.05) is 0 Å². The van der Waals surface area contributed by atoms with E-state index in [1.165, 1.54) is 0 Å². The van der Waals surface area contributed by atoms with Gasteiger partial charge in [0, 0.05) is 6.54 Å². The molecule has 1 aliphatic heterocycles. The lowest BCUT2D eigenvalue weighted by Crippen LogP contribution is -2.46. The molecule has 1 aliphatic rings. The average Bonchev–Trinajstić information content (AvgIpc) is 1.75. The average molecular weight is 145 g/mol. The minimum atomic E-state index is -0.757. The van der Waals surface area contributed by atoms with E-state index < -0.39 is 5.97 Å².